The average Bonchev–Trinajstić information content (AvgIpc) is 3.01. The molecule has 0 radical (unpaired) electrons. The van der Waals surface area contributed by atoms with Gasteiger partial charge in [0.05, 0.1) is 5.92 Å². The molecule has 3 atom stereocenters. The molecule has 2 fully saturated rings. The lowest BCUT2D eigenvalue weighted by Gasteiger charge is -2.22. The predicted octanol–water partition coefficient (Wildman–Crippen LogP) is 0.498. The van der Waals surface area contributed by atoms with Crippen LogP contribution in [0.5, 0.6) is 0 Å². The summed E-state index contributed by atoms with van der Waals surface area (Å²) in [6.45, 7) is 0. The number of aromatic nitrogens is 2. The van der Waals surface area contributed by atoms with E-state index >= 15 is 0 Å². The van der Waals surface area contributed by atoms with Gasteiger partial charge in [0, 0.05) is 25.3 Å². The van der Waals surface area contributed by atoms with Crippen LogP contribution in [0, 0.1) is 5.92 Å². The third-order valence-corrected chi connectivity index (χ3v) is 4.13. The molecule has 96 valence electrons. The van der Waals surface area contributed by atoms with Crippen LogP contribution < -0.4 is 0 Å². The maximum atomic E-state index is 12.4. The highest BCUT2D eigenvalue weighted by molar-refractivity contribution is 5.94. The first kappa shape index (κ1) is 11.3. The van der Waals surface area contributed by atoms with Crippen LogP contribution in [0.15, 0.2) is 12.3 Å². The molecular weight excluding hydrogens is 234 g/mol. The molecule has 3 rings (SSSR count). The second-order valence-electron chi connectivity index (χ2n) is 5.03. The maximum Gasteiger partial charge on any atom is 0.308 e. The van der Waals surface area contributed by atoms with E-state index in [1.54, 1.807) is 24.2 Å². The van der Waals surface area contributed by atoms with Crippen LogP contribution in [0.4, 0.5) is 0 Å². The minimum atomic E-state index is -0.787. The van der Waals surface area contributed by atoms with Crippen LogP contribution in [0.25, 0.3) is 0 Å². The topological polar surface area (TPSA) is 75.4 Å². The van der Waals surface area contributed by atoms with E-state index in [-0.39, 0.29) is 18.0 Å². The molecule has 6 heteroatoms. The molecule has 1 aromatic rings. The van der Waals surface area contributed by atoms with E-state index in [2.05, 4.69) is 5.10 Å². The number of hydrogen-bond donors (Lipinski definition) is 1. The SMILES string of the molecule is Cn1nccc1C(=O)N1C2CCC1C(C(=O)O)C2. The number of carbonyl (C=O) groups excluding carboxylic acids is 1. The van der Waals surface area contributed by atoms with E-state index in [4.69, 9.17) is 5.11 Å². The lowest BCUT2D eigenvalue weighted by atomic mass is 9.89. The third kappa shape index (κ3) is 1.45. The molecule has 2 saturated heterocycles. The van der Waals surface area contributed by atoms with E-state index in [9.17, 15) is 9.59 Å². The molecule has 3 heterocycles. The van der Waals surface area contributed by atoms with Crippen molar-refractivity contribution in [3.05, 3.63) is 18.0 Å². The molecule has 0 spiro atoms. The lowest BCUT2D eigenvalue weighted by molar-refractivity contribution is -0.142. The van der Waals surface area contributed by atoms with Crippen molar-refractivity contribution < 1.29 is 14.7 Å². The molecule has 1 N–H and O–H groups in total. The van der Waals surface area contributed by atoms with Gasteiger partial charge in [-0.1, -0.05) is 0 Å². The predicted molar refractivity (Wildman–Crippen MR) is 61.9 cm³/mol. The Morgan fingerprint density at radius 3 is 2.78 bits per heavy atom. The number of carboxylic acids is 1. The number of carboxylic acid groups (broad SMARTS) is 1. The van der Waals surface area contributed by atoms with Crippen molar-refractivity contribution >= 4 is 11.9 Å². The Labute approximate surface area is 104 Å². The zero-order valence-corrected chi connectivity index (χ0v) is 10.1. The first-order chi connectivity index (χ1) is 8.59. The normalized spacial score (nSPS) is 29.8. The summed E-state index contributed by atoms with van der Waals surface area (Å²) in [6, 6.07) is 1.61. The molecule has 2 aliphatic rings. The highest BCUT2D eigenvalue weighted by atomic mass is 16.4. The van der Waals surface area contributed by atoms with E-state index in [1.807, 2.05) is 0 Å². The van der Waals surface area contributed by atoms with Crippen molar-refractivity contribution in [2.75, 3.05) is 0 Å². The van der Waals surface area contributed by atoms with Crippen LogP contribution in [0.2, 0.25) is 0 Å². The Bertz CT molecular complexity index is 510. The van der Waals surface area contributed by atoms with Crippen LogP contribution >= 0.6 is 0 Å². The zero-order valence-electron chi connectivity index (χ0n) is 10.1. The molecule has 2 bridgehead atoms. The van der Waals surface area contributed by atoms with Gasteiger partial charge in [-0.15, -0.1) is 0 Å². The van der Waals surface area contributed by atoms with Crippen LogP contribution in [-0.4, -0.2) is 43.7 Å². The van der Waals surface area contributed by atoms with Crippen molar-refractivity contribution in [1.29, 1.82) is 0 Å². The number of aryl methyl sites for hydroxylation is 1. The maximum absolute atomic E-state index is 12.4. The van der Waals surface area contributed by atoms with Gasteiger partial charge < -0.3 is 10.0 Å². The van der Waals surface area contributed by atoms with Crippen molar-refractivity contribution in [3.8, 4) is 0 Å². The number of hydrogen-bond acceptors (Lipinski definition) is 3. The summed E-state index contributed by atoms with van der Waals surface area (Å²) in [4.78, 5) is 25.3. The summed E-state index contributed by atoms with van der Waals surface area (Å²) in [5.74, 6) is -1.28. The van der Waals surface area contributed by atoms with Gasteiger partial charge in [0.15, 0.2) is 0 Å². The van der Waals surface area contributed by atoms with Gasteiger partial charge in [0.2, 0.25) is 0 Å². The van der Waals surface area contributed by atoms with Crippen molar-refractivity contribution in [3.63, 3.8) is 0 Å². The monoisotopic (exact) mass is 249 g/mol. The fourth-order valence-corrected chi connectivity index (χ4v) is 3.29. The van der Waals surface area contributed by atoms with E-state index in [0.29, 0.717) is 12.1 Å². The van der Waals surface area contributed by atoms with Crippen LogP contribution in [0.3, 0.4) is 0 Å². The van der Waals surface area contributed by atoms with Gasteiger partial charge in [0.25, 0.3) is 5.91 Å². The molecule has 0 aromatic carbocycles. The van der Waals surface area contributed by atoms with Gasteiger partial charge >= 0.3 is 5.97 Å². The Morgan fingerprint density at radius 1 is 1.44 bits per heavy atom. The minimum Gasteiger partial charge on any atom is -0.481 e. The zero-order chi connectivity index (χ0) is 12.9. The lowest BCUT2D eigenvalue weighted by Crippen LogP contribution is -2.38. The Kier molecular flexibility index (Phi) is 2.39. The van der Waals surface area contributed by atoms with Crippen LogP contribution in [-0.2, 0) is 11.8 Å². The molecule has 0 saturated carbocycles. The second-order valence-corrected chi connectivity index (χ2v) is 5.03. The number of nitrogens with zero attached hydrogens (tertiary/aromatic N) is 3. The molecule has 1 amide bonds. The molecule has 3 unspecified atom stereocenters. The summed E-state index contributed by atoms with van der Waals surface area (Å²) >= 11 is 0. The highest BCUT2D eigenvalue weighted by Gasteiger charge is 2.51. The van der Waals surface area contributed by atoms with E-state index in [0.717, 1.165) is 12.8 Å². The average molecular weight is 249 g/mol. The molecule has 6 nitrogen and oxygen atoms in total. The van der Waals surface area contributed by atoms with E-state index < -0.39 is 11.9 Å². The van der Waals surface area contributed by atoms with E-state index in [1.165, 1.54) is 4.68 Å². The Hall–Kier alpha value is -1.85. The number of fused-ring (bicyclic) bond motifs is 2. The third-order valence-electron chi connectivity index (χ3n) is 4.13. The van der Waals surface area contributed by atoms with Crippen molar-refractivity contribution in [1.82, 2.24) is 14.7 Å². The molecule has 18 heavy (non-hydrogen) atoms. The number of rotatable bonds is 2. The number of aliphatic carboxylic acids is 1. The fraction of sp³-hybridized carbons (Fsp3) is 0.583. The number of amides is 1. The summed E-state index contributed by atoms with van der Waals surface area (Å²) < 4.78 is 1.54. The first-order valence-electron chi connectivity index (χ1n) is 6.13. The Morgan fingerprint density at radius 2 is 2.22 bits per heavy atom. The summed E-state index contributed by atoms with van der Waals surface area (Å²) in [7, 11) is 1.72. The van der Waals surface area contributed by atoms with Gasteiger partial charge in [-0.25, -0.2) is 0 Å². The van der Waals surface area contributed by atoms with Gasteiger partial charge in [-0.05, 0) is 25.3 Å². The standard InChI is InChI=1S/C12H15N3O3/c1-14-10(4-5-13-14)11(16)15-7-2-3-9(15)8(6-7)12(17)18/h4-5,7-9H,2-3,6H2,1H3,(H,17,18). The summed E-state index contributed by atoms with van der Waals surface area (Å²) in [6.07, 6.45) is 3.88. The number of carbonyl (C=O) groups is 2. The summed E-state index contributed by atoms with van der Waals surface area (Å²) in [5.41, 5.74) is 0.526. The second kappa shape index (κ2) is 3.83. The van der Waals surface area contributed by atoms with Gasteiger partial charge in [-0.2, -0.15) is 5.10 Å². The molecule has 1 aromatic heterocycles. The first-order valence-corrected chi connectivity index (χ1v) is 6.13. The fourth-order valence-electron chi connectivity index (χ4n) is 3.29. The van der Waals surface area contributed by atoms with Crippen LogP contribution in [0.1, 0.15) is 29.8 Å². The van der Waals surface area contributed by atoms with Gasteiger partial charge in [-0.3, -0.25) is 14.3 Å². The quantitative estimate of drug-likeness (QED) is 0.828. The van der Waals surface area contributed by atoms with Gasteiger partial charge in [0.1, 0.15) is 5.69 Å². The molecular formula is C12H15N3O3. The minimum absolute atomic E-state index is 0.0819. The summed E-state index contributed by atoms with van der Waals surface area (Å²) in [5, 5.41) is 13.2. The highest BCUT2D eigenvalue weighted by Crippen LogP contribution is 2.42. The smallest absolute Gasteiger partial charge is 0.308 e. The molecule has 0 aliphatic carbocycles. The van der Waals surface area contributed by atoms with Crippen molar-refractivity contribution in [2.24, 2.45) is 13.0 Å². The molecule has 2 aliphatic heterocycles. The van der Waals surface area contributed by atoms with Crippen molar-refractivity contribution in [2.45, 2.75) is 31.3 Å². The Balaban J connectivity index is 1.88. The largest absolute Gasteiger partial charge is 0.481 e.